The third-order valence-corrected chi connectivity index (χ3v) is 4.31. The van der Waals surface area contributed by atoms with Crippen LogP contribution in [0.2, 0.25) is 5.02 Å². The molecule has 1 fully saturated rings. The number of rotatable bonds is 3. The van der Waals surface area contributed by atoms with Crippen molar-refractivity contribution in [3.05, 3.63) is 21.3 Å². The summed E-state index contributed by atoms with van der Waals surface area (Å²) >= 11 is 7.54. The van der Waals surface area contributed by atoms with E-state index in [4.69, 9.17) is 16.3 Å². The predicted molar refractivity (Wildman–Crippen MR) is 82.4 cm³/mol. The van der Waals surface area contributed by atoms with Gasteiger partial charge < -0.3 is 15.0 Å². The average Bonchev–Trinajstić information content (AvgIpc) is 2.93. The molecule has 0 bridgehead atoms. The van der Waals surface area contributed by atoms with Crippen molar-refractivity contribution >= 4 is 29.0 Å². The van der Waals surface area contributed by atoms with Gasteiger partial charge in [-0.1, -0.05) is 11.6 Å². The van der Waals surface area contributed by atoms with Crippen LogP contribution in [0.1, 0.15) is 32.1 Å². The molecule has 2 rings (SSSR count). The van der Waals surface area contributed by atoms with Crippen LogP contribution in [0.5, 0.6) is 0 Å². The van der Waals surface area contributed by atoms with Gasteiger partial charge in [0.15, 0.2) is 0 Å². The SMILES string of the molecule is CC(C)(C)OC(=O)N1CCC(NCc2cc(Cl)cs2)C1. The zero-order valence-corrected chi connectivity index (χ0v) is 13.7. The molecular weight excluding hydrogens is 296 g/mol. The van der Waals surface area contributed by atoms with E-state index in [1.807, 2.05) is 32.2 Å². The van der Waals surface area contributed by atoms with Crippen molar-refractivity contribution in [2.24, 2.45) is 0 Å². The maximum absolute atomic E-state index is 11.9. The number of halogens is 1. The van der Waals surface area contributed by atoms with E-state index < -0.39 is 5.60 Å². The van der Waals surface area contributed by atoms with Gasteiger partial charge in [-0.25, -0.2) is 4.79 Å². The van der Waals surface area contributed by atoms with Gasteiger partial charge in [-0.2, -0.15) is 0 Å². The fraction of sp³-hybridized carbons (Fsp3) is 0.643. The molecule has 0 saturated carbocycles. The van der Waals surface area contributed by atoms with E-state index in [0.29, 0.717) is 12.6 Å². The molecule has 1 aliphatic heterocycles. The zero-order valence-electron chi connectivity index (χ0n) is 12.1. The van der Waals surface area contributed by atoms with Crippen LogP contribution in [0, 0.1) is 0 Å². The lowest BCUT2D eigenvalue weighted by atomic mass is 10.2. The molecule has 2 heterocycles. The van der Waals surface area contributed by atoms with Gasteiger partial charge in [-0.15, -0.1) is 11.3 Å². The molecule has 1 atom stereocenters. The van der Waals surface area contributed by atoms with Gasteiger partial charge in [0.1, 0.15) is 5.60 Å². The predicted octanol–water partition coefficient (Wildman–Crippen LogP) is 3.50. The minimum absolute atomic E-state index is 0.221. The number of ether oxygens (including phenoxy) is 1. The van der Waals surface area contributed by atoms with Crippen LogP contribution >= 0.6 is 22.9 Å². The Morgan fingerprint density at radius 1 is 1.60 bits per heavy atom. The molecule has 0 spiro atoms. The van der Waals surface area contributed by atoms with Gasteiger partial charge >= 0.3 is 6.09 Å². The molecule has 1 aromatic rings. The summed E-state index contributed by atoms with van der Waals surface area (Å²) in [4.78, 5) is 14.9. The Morgan fingerprint density at radius 2 is 2.35 bits per heavy atom. The van der Waals surface area contributed by atoms with Gasteiger partial charge in [-0.05, 0) is 33.3 Å². The summed E-state index contributed by atoms with van der Waals surface area (Å²) in [5.41, 5.74) is -0.434. The monoisotopic (exact) mass is 316 g/mol. The Hall–Kier alpha value is -0.780. The van der Waals surface area contributed by atoms with E-state index in [-0.39, 0.29) is 6.09 Å². The minimum Gasteiger partial charge on any atom is -0.444 e. The first-order valence-electron chi connectivity index (χ1n) is 6.78. The van der Waals surface area contributed by atoms with E-state index in [0.717, 1.165) is 24.5 Å². The van der Waals surface area contributed by atoms with Crippen LogP contribution in [0.15, 0.2) is 11.4 Å². The van der Waals surface area contributed by atoms with Crippen molar-refractivity contribution in [1.29, 1.82) is 0 Å². The molecule has 1 unspecified atom stereocenters. The second kappa shape index (κ2) is 6.33. The number of thiophene rings is 1. The molecular formula is C14H21ClN2O2S. The van der Waals surface area contributed by atoms with Gasteiger partial charge in [0.2, 0.25) is 0 Å². The Labute approximate surface area is 129 Å². The Bertz CT molecular complexity index is 470. The van der Waals surface area contributed by atoms with E-state index in [9.17, 15) is 4.79 Å². The average molecular weight is 317 g/mol. The van der Waals surface area contributed by atoms with E-state index in [1.165, 1.54) is 4.88 Å². The largest absolute Gasteiger partial charge is 0.444 e. The summed E-state index contributed by atoms with van der Waals surface area (Å²) in [6.45, 7) is 7.90. The van der Waals surface area contributed by atoms with Crippen molar-refractivity contribution < 1.29 is 9.53 Å². The lowest BCUT2D eigenvalue weighted by molar-refractivity contribution is 0.0291. The Morgan fingerprint density at radius 3 is 2.95 bits per heavy atom. The van der Waals surface area contributed by atoms with Crippen LogP contribution in [0.25, 0.3) is 0 Å². The highest BCUT2D eigenvalue weighted by Crippen LogP contribution is 2.20. The molecule has 1 saturated heterocycles. The third kappa shape index (κ3) is 4.65. The normalized spacial score (nSPS) is 19.4. The summed E-state index contributed by atoms with van der Waals surface area (Å²) in [6, 6.07) is 2.29. The van der Waals surface area contributed by atoms with Crippen LogP contribution in [0.3, 0.4) is 0 Å². The number of hydrogen-bond donors (Lipinski definition) is 1. The second-order valence-electron chi connectivity index (χ2n) is 6.02. The van der Waals surface area contributed by atoms with Crippen molar-refractivity contribution in [3.63, 3.8) is 0 Å². The van der Waals surface area contributed by atoms with Gasteiger partial charge in [0.25, 0.3) is 0 Å². The molecule has 1 N–H and O–H groups in total. The van der Waals surface area contributed by atoms with Crippen LogP contribution < -0.4 is 5.32 Å². The van der Waals surface area contributed by atoms with Crippen LogP contribution in [0.4, 0.5) is 4.79 Å². The molecule has 112 valence electrons. The topological polar surface area (TPSA) is 41.6 Å². The van der Waals surface area contributed by atoms with E-state index >= 15 is 0 Å². The van der Waals surface area contributed by atoms with Gasteiger partial charge in [0.05, 0.1) is 5.02 Å². The Balaban J connectivity index is 1.76. The first-order chi connectivity index (χ1) is 9.33. The van der Waals surface area contributed by atoms with E-state index in [2.05, 4.69) is 5.32 Å². The summed E-state index contributed by atoms with van der Waals surface area (Å²) in [5.74, 6) is 0. The summed E-state index contributed by atoms with van der Waals surface area (Å²) in [6.07, 6.45) is 0.735. The van der Waals surface area contributed by atoms with Crippen molar-refractivity contribution in [1.82, 2.24) is 10.2 Å². The summed E-state index contributed by atoms with van der Waals surface area (Å²) in [5, 5.41) is 6.18. The molecule has 1 aliphatic rings. The first-order valence-corrected chi connectivity index (χ1v) is 8.03. The van der Waals surface area contributed by atoms with Crippen molar-refractivity contribution in [2.45, 2.75) is 45.4 Å². The second-order valence-corrected chi connectivity index (χ2v) is 7.46. The lowest BCUT2D eigenvalue weighted by Gasteiger charge is -2.24. The molecule has 0 radical (unpaired) electrons. The fourth-order valence-electron chi connectivity index (χ4n) is 2.11. The fourth-order valence-corrected chi connectivity index (χ4v) is 3.13. The maximum Gasteiger partial charge on any atom is 0.410 e. The molecule has 4 nitrogen and oxygen atoms in total. The van der Waals surface area contributed by atoms with Crippen LogP contribution in [-0.2, 0) is 11.3 Å². The van der Waals surface area contributed by atoms with Gasteiger partial charge in [0, 0.05) is 35.9 Å². The summed E-state index contributed by atoms with van der Waals surface area (Å²) < 4.78 is 5.38. The highest BCUT2D eigenvalue weighted by molar-refractivity contribution is 7.10. The number of likely N-dealkylation sites (tertiary alicyclic amines) is 1. The molecule has 1 amide bonds. The quantitative estimate of drug-likeness (QED) is 0.928. The number of carbonyl (C=O) groups is 1. The molecule has 0 aliphatic carbocycles. The Kier molecular flexibility index (Phi) is 4.94. The standard InChI is InChI=1S/C14H21ClN2O2S/c1-14(2,3)19-13(18)17-5-4-11(8-17)16-7-12-6-10(15)9-20-12/h6,9,11,16H,4-5,7-8H2,1-3H3. The molecule has 0 aromatic carbocycles. The number of hydrogen-bond acceptors (Lipinski definition) is 4. The zero-order chi connectivity index (χ0) is 14.8. The third-order valence-electron chi connectivity index (χ3n) is 3.03. The summed E-state index contributed by atoms with van der Waals surface area (Å²) in [7, 11) is 0. The highest BCUT2D eigenvalue weighted by atomic mass is 35.5. The first kappa shape index (κ1) is 15.6. The number of nitrogens with zero attached hydrogens (tertiary/aromatic N) is 1. The number of amides is 1. The van der Waals surface area contributed by atoms with E-state index in [1.54, 1.807) is 16.2 Å². The van der Waals surface area contributed by atoms with Crippen LogP contribution in [-0.4, -0.2) is 35.7 Å². The maximum atomic E-state index is 11.9. The minimum atomic E-state index is -0.434. The molecule has 6 heteroatoms. The van der Waals surface area contributed by atoms with Crippen molar-refractivity contribution in [3.8, 4) is 0 Å². The number of nitrogens with one attached hydrogen (secondary N) is 1. The molecule has 20 heavy (non-hydrogen) atoms. The van der Waals surface area contributed by atoms with Gasteiger partial charge in [-0.3, -0.25) is 0 Å². The number of carbonyl (C=O) groups excluding carboxylic acids is 1. The smallest absolute Gasteiger partial charge is 0.410 e. The van der Waals surface area contributed by atoms with Crippen molar-refractivity contribution in [2.75, 3.05) is 13.1 Å². The lowest BCUT2D eigenvalue weighted by Crippen LogP contribution is -2.38. The molecule has 1 aromatic heterocycles. The highest BCUT2D eigenvalue weighted by Gasteiger charge is 2.29.